The Labute approximate surface area is 165 Å². The summed E-state index contributed by atoms with van der Waals surface area (Å²) in [6.45, 7) is 0. The number of ether oxygens (including phenoxy) is 1. The number of halogens is 1. The second-order valence-corrected chi connectivity index (χ2v) is 7.53. The first kappa shape index (κ1) is 18.7. The summed E-state index contributed by atoms with van der Waals surface area (Å²) < 4.78 is 10.2. The maximum absolute atomic E-state index is 12.4. The highest BCUT2D eigenvalue weighted by Crippen LogP contribution is 2.46. The number of hydrogen-bond acceptors (Lipinski definition) is 8. The third kappa shape index (κ3) is 3.42. The lowest BCUT2D eigenvalue weighted by molar-refractivity contribution is -0.401. The van der Waals surface area contributed by atoms with Crippen LogP contribution in [0.5, 0.6) is 0 Å². The molecule has 0 radical (unpaired) electrons. The number of fused-ring (bicyclic) bond motifs is 3. The maximum atomic E-state index is 12.4. The number of methoxy groups -OCH3 is 1. The molecule has 5 rings (SSSR count). The van der Waals surface area contributed by atoms with E-state index in [-0.39, 0.29) is 34.9 Å². The standard InChI is InChI=1S/C18H19ClN4O5/c1-27-17(24)15-9-2-4-10(5-3-9)16(15)21-13-8-11(20-18(19)22-13)12-6-7-14(28-12)23(25)26/h6-10,15-16H,2-5H2,1H3,(H,20,21,22). The van der Waals surface area contributed by atoms with Crippen molar-refractivity contribution < 1.29 is 18.9 Å². The Morgan fingerprint density at radius 3 is 2.64 bits per heavy atom. The van der Waals surface area contributed by atoms with Crippen molar-refractivity contribution in [2.75, 3.05) is 12.4 Å². The second-order valence-electron chi connectivity index (χ2n) is 7.20. The van der Waals surface area contributed by atoms with Gasteiger partial charge in [0, 0.05) is 12.1 Å². The molecule has 3 fully saturated rings. The van der Waals surface area contributed by atoms with E-state index in [1.807, 2.05) is 0 Å². The average molecular weight is 407 g/mol. The number of nitrogens with one attached hydrogen (secondary N) is 1. The molecule has 28 heavy (non-hydrogen) atoms. The lowest BCUT2D eigenvalue weighted by Gasteiger charge is -2.47. The van der Waals surface area contributed by atoms with Crippen LogP contribution in [-0.4, -0.2) is 34.0 Å². The third-order valence-corrected chi connectivity index (χ3v) is 5.90. The minimum Gasteiger partial charge on any atom is -0.469 e. The van der Waals surface area contributed by atoms with Crippen LogP contribution in [0.15, 0.2) is 22.6 Å². The van der Waals surface area contributed by atoms with E-state index in [0.717, 1.165) is 25.7 Å². The number of carbonyl (C=O) groups excluding carboxylic acids is 1. The topological polar surface area (TPSA) is 120 Å². The Hall–Kier alpha value is -2.68. The highest BCUT2D eigenvalue weighted by molar-refractivity contribution is 6.28. The number of aromatic nitrogens is 2. The van der Waals surface area contributed by atoms with Crippen LogP contribution in [0.25, 0.3) is 11.5 Å². The summed E-state index contributed by atoms with van der Waals surface area (Å²) in [6, 6.07) is 4.22. The zero-order valence-electron chi connectivity index (χ0n) is 15.1. The second kappa shape index (κ2) is 7.38. The van der Waals surface area contributed by atoms with Crippen molar-refractivity contribution in [3.63, 3.8) is 0 Å². The first-order chi connectivity index (χ1) is 13.5. The number of nitro groups is 1. The van der Waals surface area contributed by atoms with Crippen molar-refractivity contribution in [3.8, 4) is 11.5 Å². The van der Waals surface area contributed by atoms with E-state index in [2.05, 4.69) is 15.3 Å². The monoisotopic (exact) mass is 406 g/mol. The molecule has 3 aliphatic rings. The van der Waals surface area contributed by atoms with Crippen LogP contribution in [0.2, 0.25) is 5.28 Å². The number of esters is 1. The first-order valence-electron chi connectivity index (χ1n) is 9.10. The molecule has 3 aliphatic carbocycles. The summed E-state index contributed by atoms with van der Waals surface area (Å²) >= 11 is 6.06. The Balaban J connectivity index is 1.63. The number of rotatable bonds is 5. The summed E-state index contributed by atoms with van der Waals surface area (Å²) in [7, 11) is 1.41. The van der Waals surface area contributed by atoms with Gasteiger partial charge in [0.2, 0.25) is 5.28 Å². The van der Waals surface area contributed by atoms with Crippen molar-refractivity contribution >= 4 is 29.3 Å². The van der Waals surface area contributed by atoms with Crippen molar-refractivity contribution in [3.05, 3.63) is 33.6 Å². The quantitative estimate of drug-likeness (QED) is 0.345. The first-order valence-corrected chi connectivity index (χ1v) is 9.47. The summed E-state index contributed by atoms with van der Waals surface area (Å²) in [5.74, 6) is 0.465. The van der Waals surface area contributed by atoms with E-state index in [4.69, 9.17) is 20.8 Å². The van der Waals surface area contributed by atoms with Gasteiger partial charge in [-0.3, -0.25) is 14.9 Å². The smallest absolute Gasteiger partial charge is 0.433 e. The molecule has 148 valence electrons. The van der Waals surface area contributed by atoms with Crippen molar-refractivity contribution in [2.45, 2.75) is 31.7 Å². The molecule has 0 aliphatic heterocycles. The molecule has 2 aromatic rings. The molecular weight excluding hydrogens is 388 g/mol. The Morgan fingerprint density at radius 1 is 1.29 bits per heavy atom. The van der Waals surface area contributed by atoms with E-state index >= 15 is 0 Å². The molecule has 2 bridgehead atoms. The number of nitrogens with zero attached hydrogens (tertiary/aromatic N) is 3. The number of furan rings is 1. The molecule has 1 N–H and O–H groups in total. The predicted octanol–water partition coefficient (Wildman–Crippen LogP) is 3.69. The van der Waals surface area contributed by atoms with Gasteiger partial charge in [0.25, 0.3) is 0 Å². The minimum absolute atomic E-state index is 0.0189. The number of anilines is 1. The van der Waals surface area contributed by atoms with Gasteiger partial charge in [0.1, 0.15) is 16.4 Å². The zero-order chi connectivity index (χ0) is 19.8. The molecule has 0 aromatic carbocycles. The minimum atomic E-state index is -0.620. The van der Waals surface area contributed by atoms with Crippen molar-refractivity contribution in [2.24, 2.45) is 17.8 Å². The molecule has 2 unspecified atom stereocenters. The fraction of sp³-hybridized carbons (Fsp3) is 0.500. The Bertz CT molecular complexity index is 909. The molecule has 2 atom stereocenters. The highest BCUT2D eigenvalue weighted by atomic mass is 35.5. The largest absolute Gasteiger partial charge is 0.469 e. The van der Waals surface area contributed by atoms with Gasteiger partial charge >= 0.3 is 11.9 Å². The van der Waals surface area contributed by atoms with Crippen molar-refractivity contribution in [1.29, 1.82) is 0 Å². The molecule has 9 nitrogen and oxygen atoms in total. The van der Waals surface area contributed by atoms with Gasteiger partial charge in [-0.05, 0) is 55.2 Å². The van der Waals surface area contributed by atoms with E-state index in [0.29, 0.717) is 23.3 Å². The molecular formula is C18H19ClN4O5. The summed E-state index contributed by atoms with van der Waals surface area (Å²) in [5, 5.41) is 14.2. The zero-order valence-corrected chi connectivity index (χ0v) is 15.9. The van der Waals surface area contributed by atoms with Gasteiger partial charge in [-0.1, -0.05) is 0 Å². The van der Waals surface area contributed by atoms with E-state index < -0.39 is 4.92 Å². The van der Waals surface area contributed by atoms with E-state index in [9.17, 15) is 14.9 Å². The van der Waals surface area contributed by atoms with Gasteiger partial charge in [-0.15, -0.1) is 0 Å². The Kier molecular flexibility index (Phi) is 4.92. The fourth-order valence-corrected chi connectivity index (χ4v) is 4.67. The third-order valence-electron chi connectivity index (χ3n) is 5.73. The molecule has 0 amide bonds. The highest BCUT2D eigenvalue weighted by Gasteiger charge is 2.47. The predicted molar refractivity (Wildman–Crippen MR) is 99.8 cm³/mol. The lowest BCUT2D eigenvalue weighted by atomic mass is 9.61. The molecule has 2 aromatic heterocycles. The van der Waals surface area contributed by atoms with Gasteiger partial charge in [-0.2, -0.15) is 0 Å². The van der Waals surface area contributed by atoms with E-state index in [1.54, 1.807) is 6.07 Å². The number of hydrogen-bond donors (Lipinski definition) is 1. The van der Waals surface area contributed by atoms with Crippen LogP contribution in [-0.2, 0) is 9.53 Å². The molecule has 10 heteroatoms. The van der Waals surface area contributed by atoms with Crippen LogP contribution < -0.4 is 5.32 Å². The van der Waals surface area contributed by atoms with Crippen LogP contribution in [0.4, 0.5) is 11.7 Å². The molecule has 0 spiro atoms. The summed E-state index contributed by atoms with van der Waals surface area (Å²) in [6.07, 6.45) is 4.14. The van der Waals surface area contributed by atoms with Gasteiger partial charge < -0.3 is 14.5 Å². The van der Waals surface area contributed by atoms with Crippen LogP contribution in [0.1, 0.15) is 25.7 Å². The normalized spacial score (nSPS) is 26.1. The molecule has 0 saturated heterocycles. The summed E-state index contributed by atoms with van der Waals surface area (Å²) in [4.78, 5) is 30.9. The molecule has 2 heterocycles. The average Bonchev–Trinajstić information content (AvgIpc) is 3.18. The van der Waals surface area contributed by atoms with Gasteiger partial charge in [-0.25, -0.2) is 9.97 Å². The van der Waals surface area contributed by atoms with Gasteiger partial charge in [0.05, 0.1) is 19.1 Å². The fourth-order valence-electron chi connectivity index (χ4n) is 4.48. The SMILES string of the molecule is COC(=O)C1C2CCC(CC2)C1Nc1cc(-c2ccc([N+](=O)[O-])o2)nc(Cl)n1. The molecule has 3 saturated carbocycles. The van der Waals surface area contributed by atoms with Crippen LogP contribution in [0.3, 0.4) is 0 Å². The Morgan fingerprint density at radius 2 is 2.00 bits per heavy atom. The van der Waals surface area contributed by atoms with Gasteiger partial charge in [0.15, 0.2) is 5.76 Å². The number of carbonyl (C=O) groups is 1. The summed E-state index contributed by atoms with van der Waals surface area (Å²) in [5.41, 5.74) is 0.325. The maximum Gasteiger partial charge on any atom is 0.433 e. The lowest BCUT2D eigenvalue weighted by Crippen LogP contribution is -2.51. The van der Waals surface area contributed by atoms with Crippen LogP contribution in [0, 0.1) is 27.9 Å². The van der Waals surface area contributed by atoms with Crippen molar-refractivity contribution in [1.82, 2.24) is 9.97 Å². The van der Waals surface area contributed by atoms with Crippen LogP contribution >= 0.6 is 11.6 Å². The van der Waals surface area contributed by atoms with E-state index in [1.165, 1.54) is 19.2 Å².